The molecule has 2 aromatic carbocycles. The van der Waals surface area contributed by atoms with Crippen LogP contribution < -0.4 is 15.6 Å². The Labute approximate surface area is 185 Å². The number of ether oxygens (including phenoxy) is 1. The quantitative estimate of drug-likeness (QED) is 0.504. The molecule has 0 radical (unpaired) electrons. The van der Waals surface area contributed by atoms with Gasteiger partial charge >= 0.3 is 0 Å². The Balaban J connectivity index is 1.56. The summed E-state index contributed by atoms with van der Waals surface area (Å²) in [4.78, 5) is 30.2. The van der Waals surface area contributed by atoms with Crippen LogP contribution in [0.25, 0.3) is 16.7 Å². The first-order chi connectivity index (χ1) is 15.4. The van der Waals surface area contributed by atoms with Gasteiger partial charge in [0.25, 0.3) is 5.56 Å². The Hall–Kier alpha value is -3.94. The number of nitrogens with zero attached hydrogens (tertiary/aromatic N) is 4. The number of rotatable bonds is 6. The zero-order chi connectivity index (χ0) is 22.8. The summed E-state index contributed by atoms with van der Waals surface area (Å²) < 4.78 is 8.47. The van der Waals surface area contributed by atoms with Gasteiger partial charge in [0.15, 0.2) is 5.65 Å². The molecule has 164 valence electrons. The van der Waals surface area contributed by atoms with Crippen molar-refractivity contribution < 1.29 is 9.53 Å². The van der Waals surface area contributed by atoms with E-state index in [1.807, 2.05) is 56.3 Å². The molecule has 2 aromatic heterocycles. The molecule has 0 bridgehead atoms. The van der Waals surface area contributed by atoms with Crippen molar-refractivity contribution in [3.05, 3.63) is 76.0 Å². The third-order valence-electron chi connectivity index (χ3n) is 5.35. The van der Waals surface area contributed by atoms with E-state index in [4.69, 9.17) is 4.74 Å². The van der Waals surface area contributed by atoms with Crippen LogP contribution in [0.2, 0.25) is 0 Å². The molecule has 0 atom stereocenters. The first-order valence-electron chi connectivity index (χ1n) is 10.3. The van der Waals surface area contributed by atoms with Gasteiger partial charge in [0.2, 0.25) is 5.91 Å². The Morgan fingerprint density at radius 3 is 2.50 bits per heavy atom. The molecule has 8 nitrogen and oxygen atoms in total. The standard InChI is InChI=1S/C24H25N5O3/c1-15-5-8-18(9-6-15)29-23-19(14-25-29)24(31)28(17(3)26-23)12-11-22(30)27-20-13-16(2)7-10-21(20)32-4/h5-10,13-14H,11-12H2,1-4H3,(H,27,30). The van der Waals surface area contributed by atoms with Crippen molar-refractivity contribution in [1.29, 1.82) is 0 Å². The van der Waals surface area contributed by atoms with Crippen LogP contribution in [0.5, 0.6) is 5.75 Å². The number of carbonyl (C=O) groups excluding carboxylic acids is 1. The van der Waals surface area contributed by atoms with Gasteiger partial charge in [0, 0.05) is 13.0 Å². The zero-order valence-electron chi connectivity index (χ0n) is 18.5. The van der Waals surface area contributed by atoms with Gasteiger partial charge in [0.05, 0.1) is 24.7 Å². The molecule has 8 heteroatoms. The summed E-state index contributed by atoms with van der Waals surface area (Å²) in [5.41, 5.74) is 3.87. The maximum absolute atomic E-state index is 13.1. The van der Waals surface area contributed by atoms with Crippen LogP contribution in [0.1, 0.15) is 23.4 Å². The summed E-state index contributed by atoms with van der Waals surface area (Å²) in [7, 11) is 1.56. The smallest absolute Gasteiger partial charge is 0.264 e. The van der Waals surface area contributed by atoms with Crippen molar-refractivity contribution in [3.63, 3.8) is 0 Å². The lowest BCUT2D eigenvalue weighted by Crippen LogP contribution is -2.26. The van der Waals surface area contributed by atoms with E-state index in [0.717, 1.165) is 16.8 Å². The van der Waals surface area contributed by atoms with Crippen LogP contribution in [0.15, 0.2) is 53.5 Å². The summed E-state index contributed by atoms with van der Waals surface area (Å²) in [6, 6.07) is 13.4. The molecule has 0 aliphatic rings. The molecular weight excluding hydrogens is 406 g/mol. The second-order valence-corrected chi connectivity index (χ2v) is 7.75. The highest BCUT2D eigenvalue weighted by Gasteiger charge is 2.15. The number of aromatic nitrogens is 4. The summed E-state index contributed by atoms with van der Waals surface area (Å²) in [5, 5.41) is 7.64. The highest BCUT2D eigenvalue weighted by atomic mass is 16.5. The van der Waals surface area contributed by atoms with Crippen LogP contribution in [0, 0.1) is 20.8 Å². The van der Waals surface area contributed by atoms with Crippen LogP contribution in [-0.4, -0.2) is 32.3 Å². The molecule has 0 spiro atoms. The van der Waals surface area contributed by atoms with Gasteiger partial charge in [-0.05, 0) is 50.6 Å². The Morgan fingerprint density at radius 2 is 1.78 bits per heavy atom. The van der Waals surface area contributed by atoms with Gasteiger partial charge in [-0.15, -0.1) is 0 Å². The molecule has 4 rings (SSSR count). The fraction of sp³-hybridized carbons (Fsp3) is 0.250. The van der Waals surface area contributed by atoms with Crippen molar-refractivity contribution in [3.8, 4) is 11.4 Å². The van der Waals surface area contributed by atoms with Gasteiger partial charge in [-0.1, -0.05) is 23.8 Å². The Morgan fingerprint density at radius 1 is 1.06 bits per heavy atom. The fourth-order valence-electron chi connectivity index (χ4n) is 3.59. The van der Waals surface area contributed by atoms with Gasteiger partial charge in [-0.25, -0.2) is 9.67 Å². The third-order valence-corrected chi connectivity index (χ3v) is 5.35. The molecular formula is C24H25N5O3. The second kappa shape index (κ2) is 8.66. The monoisotopic (exact) mass is 431 g/mol. The summed E-state index contributed by atoms with van der Waals surface area (Å²) in [6.45, 7) is 5.92. The number of benzene rings is 2. The summed E-state index contributed by atoms with van der Waals surface area (Å²) in [5.74, 6) is 0.900. The minimum Gasteiger partial charge on any atom is -0.495 e. The van der Waals surface area contributed by atoms with Crippen LogP contribution in [0.4, 0.5) is 5.69 Å². The van der Waals surface area contributed by atoms with E-state index in [0.29, 0.717) is 28.3 Å². The topological polar surface area (TPSA) is 91.0 Å². The highest BCUT2D eigenvalue weighted by molar-refractivity contribution is 5.92. The van der Waals surface area contributed by atoms with E-state index in [9.17, 15) is 9.59 Å². The first kappa shape index (κ1) is 21.3. The molecule has 0 fully saturated rings. The molecule has 1 N–H and O–H groups in total. The molecule has 0 aliphatic heterocycles. The number of anilines is 1. The predicted molar refractivity (Wildman–Crippen MR) is 124 cm³/mol. The lowest BCUT2D eigenvalue weighted by Gasteiger charge is -2.13. The second-order valence-electron chi connectivity index (χ2n) is 7.75. The number of amides is 1. The van der Waals surface area contributed by atoms with E-state index >= 15 is 0 Å². The maximum Gasteiger partial charge on any atom is 0.264 e. The lowest BCUT2D eigenvalue weighted by atomic mass is 10.2. The van der Waals surface area contributed by atoms with Gasteiger partial charge in [-0.3, -0.25) is 14.2 Å². The van der Waals surface area contributed by atoms with Crippen molar-refractivity contribution in [2.24, 2.45) is 0 Å². The van der Waals surface area contributed by atoms with Gasteiger partial charge in [0.1, 0.15) is 17.0 Å². The van der Waals surface area contributed by atoms with Crippen LogP contribution >= 0.6 is 0 Å². The minimum atomic E-state index is -0.216. The van der Waals surface area contributed by atoms with Crippen molar-refractivity contribution in [2.75, 3.05) is 12.4 Å². The van der Waals surface area contributed by atoms with E-state index in [-0.39, 0.29) is 24.4 Å². The average molecular weight is 431 g/mol. The normalized spacial score (nSPS) is 11.0. The molecule has 0 saturated heterocycles. The third kappa shape index (κ3) is 4.12. The Bertz CT molecular complexity index is 1350. The van der Waals surface area contributed by atoms with Crippen molar-refractivity contribution in [1.82, 2.24) is 19.3 Å². The largest absolute Gasteiger partial charge is 0.495 e. The number of nitrogens with one attached hydrogen (secondary N) is 1. The van der Waals surface area contributed by atoms with E-state index in [1.165, 1.54) is 10.8 Å². The van der Waals surface area contributed by atoms with Gasteiger partial charge < -0.3 is 10.1 Å². The molecule has 1 amide bonds. The molecule has 2 heterocycles. The number of hydrogen-bond acceptors (Lipinski definition) is 5. The van der Waals surface area contributed by atoms with E-state index < -0.39 is 0 Å². The maximum atomic E-state index is 13.1. The number of carbonyl (C=O) groups is 1. The summed E-state index contributed by atoms with van der Waals surface area (Å²) >= 11 is 0. The van der Waals surface area contributed by atoms with E-state index in [1.54, 1.807) is 18.7 Å². The van der Waals surface area contributed by atoms with E-state index in [2.05, 4.69) is 15.4 Å². The average Bonchev–Trinajstić information content (AvgIpc) is 3.18. The lowest BCUT2D eigenvalue weighted by molar-refractivity contribution is -0.116. The predicted octanol–water partition coefficient (Wildman–Crippen LogP) is 3.54. The van der Waals surface area contributed by atoms with Crippen LogP contribution in [-0.2, 0) is 11.3 Å². The van der Waals surface area contributed by atoms with Gasteiger partial charge in [-0.2, -0.15) is 5.10 Å². The fourth-order valence-corrected chi connectivity index (χ4v) is 3.59. The number of methoxy groups -OCH3 is 1. The minimum absolute atomic E-state index is 0.122. The zero-order valence-corrected chi connectivity index (χ0v) is 18.5. The van der Waals surface area contributed by atoms with Crippen LogP contribution in [0.3, 0.4) is 0 Å². The molecule has 32 heavy (non-hydrogen) atoms. The Kier molecular flexibility index (Phi) is 5.77. The molecule has 0 unspecified atom stereocenters. The molecule has 0 saturated carbocycles. The summed E-state index contributed by atoms with van der Waals surface area (Å²) in [6.07, 6.45) is 1.65. The van der Waals surface area contributed by atoms with Crippen molar-refractivity contribution >= 4 is 22.6 Å². The number of fused-ring (bicyclic) bond motifs is 1. The highest BCUT2D eigenvalue weighted by Crippen LogP contribution is 2.25. The number of aryl methyl sites for hydroxylation is 3. The molecule has 4 aromatic rings. The SMILES string of the molecule is COc1ccc(C)cc1NC(=O)CCn1c(C)nc2c(cnn2-c2ccc(C)cc2)c1=O. The molecule has 0 aliphatic carbocycles. The van der Waals surface area contributed by atoms with Crippen molar-refractivity contribution in [2.45, 2.75) is 33.7 Å². The first-order valence-corrected chi connectivity index (χ1v) is 10.3. The number of hydrogen-bond donors (Lipinski definition) is 1.